The average molecular weight is 214 g/mol. The van der Waals surface area contributed by atoms with Gasteiger partial charge in [0.2, 0.25) is 5.91 Å². The molecule has 0 heterocycles. The first kappa shape index (κ1) is 12.5. The van der Waals surface area contributed by atoms with Crippen LogP contribution < -0.4 is 11.1 Å². The summed E-state index contributed by atoms with van der Waals surface area (Å²) < 4.78 is 5.31. The summed E-state index contributed by atoms with van der Waals surface area (Å²) >= 11 is 0. The molecule has 0 saturated heterocycles. The monoisotopic (exact) mass is 214 g/mol. The lowest BCUT2D eigenvalue weighted by Gasteiger charge is -2.21. The highest BCUT2D eigenvalue weighted by atomic mass is 16.5. The van der Waals surface area contributed by atoms with E-state index in [4.69, 9.17) is 10.5 Å². The van der Waals surface area contributed by atoms with E-state index in [2.05, 4.69) is 5.32 Å². The smallest absolute Gasteiger partial charge is 0.237 e. The SMILES string of the molecule is CCC[C@H](N)C(=O)NC1CCCC1OC. The van der Waals surface area contributed by atoms with Crippen molar-refractivity contribution >= 4 is 5.91 Å². The summed E-state index contributed by atoms with van der Waals surface area (Å²) in [6.07, 6.45) is 5.01. The second-order valence-corrected chi connectivity index (χ2v) is 4.22. The molecule has 3 N–H and O–H groups in total. The molecule has 4 heteroatoms. The molecule has 1 amide bonds. The molecule has 2 unspecified atom stereocenters. The number of ether oxygens (including phenoxy) is 1. The normalized spacial score (nSPS) is 27.7. The molecule has 4 nitrogen and oxygen atoms in total. The molecule has 88 valence electrons. The Morgan fingerprint density at radius 2 is 2.33 bits per heavy atom. The minimum Gasteiger partial charge on any atom is -0.379 e. The molecule has 0 aromatic heterocycles. The van der Waals surface area contributed by atoms with Crippen molar-refractivity contribution in [3.8, 4) is 0 Å². The van der Waals surface area contributed by atoms with Gasteiger partial charge in [-0.2, -0.15) is 0 Å². The second-order valence-electron chi connectivity index (χ2n) is 4.22. The van der Waals surface area contributed by atoms with Gasteiger partial charge in [-0.1, -0.05) is 13.3 Å². The fourth-order valence-corrected chi connectivity index (χ4v) is 2.11. The zero-order valence-corrected chi connectivity index (χ0v) is 9.66. The fraction of sp³-hybridized carbons (Fsp3) is 0.909. The predicted octanol–water partition coefficient (Wildman–Crippen LogP) is 0.797. The van der Waals surface area contributed by atoms with E-state index in [9.17, 15) is 4.79 Å². The molecule has 1 aliphatic carbocycles. The van der Waals surface area contributed by atoms with Crippen molar-refractivity contribution < 1.29 is 9.53 Å². The summed E-state index contributed by atoms with van der Waals surface area (Å²) in [6, 6.07) is -0.210. The van der Waals surface area contributed by atoms with Crippen LogP contribution in [0.2, 0.25) is 0 Å². The van der Waals surface area contributed by atoms with E-state index in [1.807, 2.05) is 6.92 Å². The third-order valence-electron chi connectivity index (χ3n) is 3.02. The summed E-state index contributed by atoms with van der Waals surface area (Å²) in [6.45, 7) is 2.03. The lowest BCUT2D eigenvalue weighted by molar-refractivity contribution is -0.124. The van der Waals surface area contributed by atoms with Crippen LogP contribution in [0.25, 0.3) is 0 Å². The van der Waals surface area contributed by atoms with Gasteiger partial charge in [0.25, 0.3) is 0 Å². The molecule has 0 spiro atoms. The molecule has 0 radical (unpaired) electrons. The first-order valence-electron chi connectivity index (χ1n) is 5.77. The maximum atomic E-state index is 11.7. The quantitative estimate of drug-likeness (QED) is 0.711. The van der Waals surface area contributed by atoms with Gasteiger partial charge in [-0.15, -0.1) is 0 Å². The summed E-state index contributed by atoms with van der Waals surface area (Å²) in [4.78, 5) is 11.7. The first-order valence-corrected chi connectivity index (χ1v) is 5.77. The minimum atomic E-state index is -0.367. The molecule has 0 aromatic rings. The largest absolute Gasteiger partial charge is 0.379 e. The molecule has 1 aliphatic rings. The van der Waals surface area contributed by atoms with E-state index in [1.54, 1.807) is 7.11 Å². The topological polar surface area (TPSA) is 64.4 Å². The van der Waals surface area contributed by atoms with Crippen molar-refractivity contribution in [1.29, 1.82) is 0 Å². The molecule has 0 aliphatic heterocycles. The highest BCUT2D eigenvalue weighted by Crippen LogP contribution is 2.21. The number of hydrogen-bond acceptors (Lipinski definition) is 3. The molecule has 15 heavy (non-hydrogen) atoms. The molecule has 0 aromatic carbocycles. The first-order chi connectivity index (χ1) is 7.19. The molecule has 3 atom stereocenters. The number of hydrogen-bond donors (Lipinski definition) is 2. The zero-order valence-electron chi connectivity index (χ0n) is 9.66. The molecular weight excluding hydrogens is 192 g/mol. The average Bonchev–Trinajstić information content (AvgIpc) is 2.65. The Hall–Kier alpha value is -0.610. The van der Waals surface area contributed by atoms with Crippen LogP contribution in [-0.2, 0) is 9.53 Å². The van der Waals surface area contributed by atoms with Crippen LogP contribution in [0.5, 0.6) is 0 Å². The maximum Gasteiger partial charge on any atom is 0.237 e. The summed E-state index contributed by atoms with van der Waals surface area (Å²) in [5, 5.41) is 2.98. The van der Waals surface area contributed by atoms with E-state index in [0.29, 0.717) is 0 Å². The number of nitrogens with one attached hydrogen (secondary N) is 1. The predicted molar refractivity (Wildman–Crippen MR) is 59.5 cm³/mol. The van der Waals surface area contributed by atoms with E-state index in [-0.39, 0.29) is 24.1 Å². The number of carbonyl (C=O) groups excluding carboxylic acids is 1. The van der Waals surface area contributed by atoms with Crippen LogP contribution in [0.1, 0.15) is 39.0 Å². The van der Waals surface area contributed by atoms with Crippen molar-refractivity contribution in [3.05, 3.63) is 0 Å². The second kappa shape index (κ2) is 6.08. The Kier molecular flexibility index (Phi) is 5.05. The van der Waals surface area contributed by atoms with E-state index in [0.717, 1.165) is 32.1 Å². The zero-order chi connectivity index (χ0) is 11.3. The Morgan fingerprint density at radius 3 is 2.93 bits per heavy atom. The van der Waals surface area contributed by atoms with Crippen LogP contribution in [0.15, 0.2) is 0 Å². The third-order valence-corrected chi connectivity index (χ3v) is 3.02. The van der Waals surface area contributed by atoms with Gasteiger partial charge in [-0.25, -0.2) is 0 Å². The summed E-state index contributed by atoms with van der Waals surface area (Å²) in [5.41, 5.74) is 5.74. The number of rotatable bonds is 5. The van der Waals surface area contributed by atoms with Gasteiger partial charge in [0, 0.05) is 7.11 Å². The maximum absolute atomic E-state index is 11.7. The Morgan fingerprint density at radius 1 is 1.60 bits per heavy atom. The Labute approximate surface area is 91.5 Å². The lowest BCUT2D eigenvalue weighted by atomic mass is 10.1. The van der Waals surface area contributed by atoms with Crippen molar-refractivity contribution in [1.82, 2.24) is 5.32 Å². The van der Waals surface area contributed by atoms with E-state index >= 15 is 0 Å². The van der Waals surface area contributed by atoms with E-state index in [1.165, 1.54) is 0 Å². The van der Waals surface area contributed by atoms with Crippen molar-refractivity contribution in [3.63, 3.8) is 0 Å². The summed E-state index contributed by atoms with van der Waals surface area (Å²) in [5.74, 6) is -0.0363. The van der Waals surface area contributed by atoms with Crippen LogP contribution in [0.3, 0.4) is 0 Å². The van der Waals surface area contributed by atoms with Gasteiger partial charge < -0.3 is 15.8 Å². The van der Waals surface area contributed by atoms with Crippen molar-refractivity contribution in [2.24, 2.45) is 5.73 Å². The third kappa shape index (κ3) is 3.47. The number of methoxy groups -OCH3 is 1. The molecule has 1 saturated carbocycles. The van der Waals surface area contributed by atoms with Crippen molar-refractivity contribution in [2.75, 3.05) is 7.11 Å². The lowest BCUT2D eigenvalue weighted by Crippen LogP contribution is -2.48. The van der Waals surface area contributed by atoms with Crippen LogP contribution >= 0.6 is 0 Å². The van der Waals surface area contributed by atoms with Gasteiger partial charge in [0.1, 0.15) is 0 Å². The van der Waals surface area contributed by atoms with Gasteiger partial charge >= 0.3 is 0 Å². The van der Waals surface area contributed by atoms with E-state index < -0.39 is 0 Å². The Balaban J connectivity index is 2.36. The molecular formula is C11H22N2O2. The van der Waals surface area contributed by atoms with Gasteiger partial charge in [0.05, 0.1) is 18.2 Å². The van der Waals surface area contributed by atoms with Gasteiger partial charge in [-0.05, 0) is 25.7 Å². The molecule has 1 fully saturated rings. The molecule has 1 rings (SSSR count). The van der Waals surface area contributed by atoms with Gasteiger partial charge in [0.15, 0.2) is 0 Å². The van der Waals surface area contributed by atoms with Crippen LogP contribution in [-0.4, -0.2) is 31.2 Å². The number of nitrogens with two attached hydrogens (primary N) is 1. The Bertz CT molecular complexity index is 209. The van der Waals surface area contributed by atoms with Crippen molar-refractivity contribution in [2.45, 2.75) is 57.2 Å². The highest BCUT2D eigenvalue weighted by molar-refractivity contribution is 5.81. The number of carbonyl (C=O) groups is 1. The molecule has 0 bridgehead atoms. The summed E-state index contributed by atoms with van der Waals surface area (Å²) in [7, 11) is 1.70. The van der Waals surface area contributed by atoms with Crippen LogP contribution in [0.4, 0.5) is 0 Å². The highest BCUT2D eigenvalue weighted by Gasteiger charge is 2.29. The fourth-order valence-electron chi connectivity index (χ4n) is 2.11. The van der Waals surface area contributed by atoms with Crippen LogP contribution in [0, 0.1) is 0 Å². The minimum absolute atomic E-state index is 0.0363. The standard InChI is InChI=1S/C11H22N2O2/c1-3-5-8(12)11(14)13-9-6-4-7-10(9)15-2/h8-10H,3-7,12H2,1-2H3,(H,13,14)/t8-,9?,10?/m0/s1. The number of amides is 1. The van der Waals surface area contributed by atoms with Gasteiger partial charge in [-0.3, -0.25) is 4.79 Å².